The molecule has 4 rings (SSSR count). The molecule has 3 aromatic carbocycles. The second-order valence-corrected chi connectivity index (χ2v) is 9.48. The maximum atomic E-state index is 13.5. The molecule has 1 heterocycles. The van der Waals surface area contributed by atoms with Crippen LogP contribution in [0.3, 0.4) is 0 Å². The molecule has 0 spiro atoms. The standard InChI is InChI=1S/C27H30Cl2N4O2/c1-3-18-4-6-19(7-5-18)16-33(27(34)31-25-13-10-22(28)14-24(25)29)17-21-15-30-32-26(21)20-8-11-23(35-2)12-9-20/h4-14,21,26,30,32H,3,15-17H2,1-2H3,(H,31,34). The van der Waals surface area contributed by atoms with E-state index in [0.29, 0.717) is 28.8 Å². The Bertz CT molecular complexity index is 1140. The van der Waals surface area contributed by atoms with Gasteiger partial charge in [-0.1, -0.05) is 66.5 Å². The zero-order valence-corrected chi connectivity index (χ0v) is 21.4. The van der Waals surface area contributed by atoms with Crippen LogP contribution in [0.4, 0.5) is 10.5 Å². The number of hydrogen-bond acceptors (Lipinski definition) is 4. The summed E-state index contributed by atoms with van der Waals surface area (Å²) in [4.78, 5) is 15.3. The minimum Gasteiger partial charge on any atom is -0.497 e. The Hall–Kier alpha value is -2.77. The Morgan fingerprint density at radius 3 is 2.43 bits per heavy atom. The van der Waals surface area contributed by atoms with Crippen molar-refractivity contribution in [1.82, 2.24) is 15.8 Å². The summed E-state index contributed by atoms with van der Waals surface area (Å²) in [6.07, 6.45) is 0.975. The highest BCUT2D eigenvalue weighted by Gasteiger charge is 2.31. The lowest BCUT2D eigenvalue weighted by atomic mass is 9.94. The summed E-state index contributed by atoms with van der Waals surface area (Å²) in [5.41, 5.74) is 10.6. The lowest BCUT2D eigenvalue weighted by Crippen LogP contribution is -2.40. The number of halogens is 2. The molecule has 3 aromatic rings. The van der Waals surface area contributed by atoms with Crippen LogP contribution in [0.5, 0.6) is 5.75 Å². The van der Waals surface area contributed by atoms with Crippen LogP contribution in [0.1, 0.15) is 29.7 Å². The molecule has 0 bridgehead atoms. The van der Waals surface area contributed by atoms with Crippen molar-refractivity contribution in [1.29, 1.82) is 0 Å². The third-order valence-corrected chi connectivity index (χ3v) is 6.84. The molecule has 184 valence electrons. The predicted octanol–water partition coefficient (Wildman–Crippen LogP) is 6.06. The molecule has 8 heteroatoms. The number of rotatable bonds is 8. The summed E-state index contributed by atoms with van der Waals surface area (Å²) in [6, 6.07) is 21.3. The van der Waals surface area contributed by atoms with Crippen molar-refractivity contribution in [2.24, 2.45) is 5.92 Å². The van der Waals surface area contributed by atoms with Crippen LogP contribution < -0.4 is 20.9 Å². The van der Waals surface area contributed by atoms with Crippen molar-refractivity contribution >= 4 is 34.9 Å². The van der Waals surface area contributed by atoms with Crippen LogP contribution in [0.15, 0.2) is 66.7 Å². The van der Waals surface area contributed by atoms with Crippen molar-refractivity contribution in [2.45, 2.75) is 25.9 Å². The van der Waals surface area contributed by atoms with Gasteiger partial charge < -0.3 is 15.0 Å². The van der Waals surface area contributed by atoms with Crippen LogP contribution >= 0.6 is 23.2 Å². The Balaban J connectivity index is 1.55. The minimum atomic E-state index is -0.214. The quantitative estimate of drug-likeness (QED) is 0.343. The average Bonchev–Trinajstić information content (AvgIpc) is 3.34. The van der Waals surface area contributed by atoms with Gasteiger partial charge in [-0.15, -0.1) is 0 Å². The number of hydrazine groups is 1. The number of amides is 2. The second kappa shape index (κ2) is 11.8. The molecule has 1 aliphatic rings. The first-order chi connectivity index (χ1) is 17.0. The fourth-order valence-electron chi connectivity index (χ4n) is 4.26. The maximum Gasteiger partial charge on any atom is 0.322 e. The molecule has 0 saturated carbocycles. The molecular formula is C27H30Cl2N4O2. The number of ether oxygens (including phenoxy) is 1. The molecule has 3 N–H and O–H groups in total. The lowest BCUT2D eigenvalue weighted by molar-refractivity contribution is 0.196. The van der Waals surface area contributed by atoms with E-state index >= 15 is 0 Å². The van der Waals surface area contributed by atoms with Crippen molar-refractivity contribution < 1.29 is 9.53 Å². The van der Waals surface area contributed by atoms with Gasteiger partial charge in [-0.25, -0.2) is 10.2 Å². The topological polar surface area (TPSA) is 65.6 Å². The highest BCUT2D eigenvalue weighted by Crippen LogP contribution is 2.29. The van der Waals surface area contributed by atoms with Gasteiger partial charge in [-0.2, -0.15) is 0 Å². The lowest BCUT2D eigenvalue weighted by Gasteiger charge is -2.29. The number of nitrogens with zero attached hydrogens (tertiary/aromatic N) is 1. The van der Waals surface area contributed by atoms with Crippen molar-refractivity contribution in [3.63, 3.8) is 0 Å². The number of aryl methyl sites for hydroxylation is 1. The van der Waals surface area contributed by atoms with E-state index in [-0.39, 0.29) is 18.0 Å². The van der Waals surface area contributed by atoms with Gasteiger partial charge in [0, 0.05) is 30.6 Å². The van der Waals surface area contributed by atoms with Crippen molar-refractivity contribution in [3.8, 4) is 5.75 Å². The first-order valence-corrected chi connectivity index (χ1v) is 12.4. The summed E-state index contributed by atoms with van der Waals surface area (Å²) < 4.78 is 5.29. The Labute approximate surface area is 216 Å². The van der Waals surface area contributed by atoms with E-state index in [1.54, 1.807) is 25.3 Å². The van der Waals surface area contributed by atoms with Gasteiger partial charge in [0.05, 0.1) is 23.9 Å². The monoisotopic (exact) mass is 512 g/mol. The minimum absolute atomic E-state index is 0.0535. The van der Waals surface area contributed by atoms with E-state index in [1.807, 2.05) is 17.0 Å². The number of nitrogens with one attached hydrogen (secondary N) is 3. The number of urea groups is 1. The fraction of sp³-hybridized carbons (Fsp3) is 0.296. The van der Waals surface area contributed by atoms with Crippen LogP contribution in [0.25, 0.3) is 0 Å². The zero-order valence-electron chi connectivity index (χ0n) is 19.9. The smallest absolute Gasteiger partial charge is 0.322 e. The fourth-order valence-corrected chi connectivity index (χ4v) is 4.72. The molecule has 2 amide bonds. The van der Waals surface area contributed by atoms with Gasteiger partial charge >= 0.3 is 6.03 Å². The number of hydrogen-bond donors (Lipinski definition) is 3. The normalized spacial score (nSPS) is 17.3. The molecule has 2 atom stereocenters. The van der Waals surface area contributed by atoms with E-state index in [9.17, 15) is 4.79 Å². The van der Waals surface area contributed by atoms with Gasteiger partial charge in [0.25, 0.3) is 0 Å². The number of carbonyl (C=O) groups excluding carboxylic acids is 1. The number of benzene rings is 3. The first-order valence-electron chi connectivity index (χ1n) is 11.7. The van der Waals surface area contributed by atoms with Gasteiger partial charge in [0.1, 0.15) is 5.75 Å². The van der Waals surface area contributed by atoms with Crippen LogP contribution in [-0.2, 0) is 13.0 Å². The second-order valence-electron chi connectivity index (χ2n) is 8.64. The van der Waals surface area contributed by atoms with Crippen molar-refractivity contribution in [3.05, 3.63) is 93.5 Å². The molecule has 0 aromatic heterocycles. The summed E-state index contributed by atoms with van der Waals surface area (Å²) in [5.74, 6) is 0.970. The molecule has 1 aliphatic heterocycles. The van der Waals surface area contributed by atoms with Gasteiger partial charge in [-0.3, -0.25) is 5.43 Å². The number of carbonyl (C=O) groups is 1. The van der Waals surface area contributed by atoms with Crippen molar-refractivity contribution in [2.75, 3.05) is 25.5 Å². The highest BCUT2D eigenvalue weighted by molar-refractivity contribution is 6.36. The molecule has 2 unspecified atom stereocenters. The van der Waals surface area contributed by atoms with Gasteiger partial charge in [0.2, 0.25) is 0 Å². The Kier molecular flexibility index (Phi) is 8.52. The predicted molar refractivity (Wildman–Crippen MR) is 142 cm³/mol. The molecule has 0 radical (unpaired) electrons. The Morgan fingerprint density at radius 1 is 1.06 bits per heavy atom. The number of anilines is 1. The van der Waals surface area contributed by atoms with Crippen LogP contribution in [0, 0.1) is 5.92 Å². The van der Waals surface area contributed by atoms with Gasteiger partial charge in [0.15, 0.2) is 0 Å². The molecule has 1 saturated heterocycles. The summed E-state index contributed by atoms with van der Waals surface area (Å²) in [7, 11) is 1.66. The average molecular weight is 513 g/mol. The third-order valence-electron chi connectivity index (χ3n) is 6.29. The molecular weight excluding hydrogens is 483 g/mol. The van der Waals surface area contributed by atoms with Crippen LogP contribution in [-0.4, -0.2) is 31.1 Å². The SMILES string of the molecule is CCc1ccc(CN(CC2CNNC2c2ccc(OC)cc2)C(=O)Nc2ccc(Cl)cc2Cl)cc1. The molecule has 35 heavy (non-hydrogen) atoms. The van der Waals surface area contributed by atoms with E-state index < -0.39 is 0 Å². The Morgan fingerprint density at radius 2 is 1.77 bits per heavy atom. The summed E-state index contributed by atoms with van der Waals surface area (Å²) in [5, 5.41) is 3.88. The molecule has 0 aliphatic carbocycles. The zero-order chi connectivity index (χ0) is 24.8. The molecule has 1 fully saturated rings. The maximum absolute atomic E-state index is 13.5. The van der Waals surface area contributed by atoms with E-state index in [2.05, 4.69) is 59.5 Å². The molecule has 6 nitrogen and oxygen atoms in total. The summed E-state index contributed by atoms with van der Waals surface area (Å²) in [6.45, 7) is 3.89. The van der Waals surface area contributed by atoms with E-state index in [0.717, 1.165) is 29.8 Å². The number of methoxy groups -OCH3 is 1. The van der Waals surface area contributed by atoms with Crippen LogP contribution in [0.2, 0.25) is 10.0 Å². The highest BCUT2D eigenvalue weighted by atomic mass is 35.5. The third kappa shape index (κ3) is 6.47. The first kappa shape index (κ1) is 25.3. The van der Waals surface area contributed by atoms with Gasteiger partial charge in [-0.05, 0) is 53.4 Å². The summed E-state index contributed by atoms with van der Waals surface area (Å²) >= 11 is 12.3. The van der Waals surface area contributed by atoms with E-state index in [1.165, 1.54) is 5.56 Å². The largest absolute Gasteiger partial charge is 0.497 e. The van der Waals surface area contributed by atoms with E-state index in [4.69, 9.17) is 27.9 Å².